The molecule has 0 spiro atoms. The van der Waals surface area contributed by atoms with Gasteiger partial charge in [0.1, 0.15) is 15.5 Å². The van der Waals surface area contributed by atoms with Gasteiger partial charge in [0.05, 0.1) is 18.4 Å². The van der Waals surface area contributed by atoms with Gasteiger partial charge in [-0.1, -0.05) is 0 Å². The molecule has 0 aliphatic rings. The van der Waals surface area contributed by atoms with Crippen LogP contribution in [-0.4, -0.2) is 25.7 Å². The highest BCUT2D eigenvalue weighted by Crippen LogP contribution is 2.31. The smallest absolute Gasteiger partial charge is 0.263 e. The topological polar surface area (TPSA) is 98.7 Å². The zero-order valence-electron chi connectivity index (χ0n) is 10.7. The second-order valence-electron chi connectivity index (χ2n) is 4.23. The number of hydrogen-bond acceptors (Lipinski definition) is 6. The second-order valence-corrected chi connectivity index (χ2v) is 5.23. The van der Waals surface area contributed by atoms with Crippen molar-refractivity contribution in [2.24, 2.45) is 7.05 Å². The number of nitrogen functional groups attached to an aromatic ring is 1. The van der Waals surface area contributed by atoms with Gasteiger partial charge in [-0.15, -0.1) is 16.4 Å². The minimum Gasteiger partial charge on any atom is -0.397 e. The molecule has 1 amide bonds. The fraction of sp³-hybridized carbons (Fsp3) is 0.167. The number of amides is 1. The zero-order valence-corrected chi connectivity index (χ0v) is 11.5. The maximum absolute atomic E-state index is 12.2. The third-order valence-electron chi connectivity index (χ3n) is 2.95. The highest BCUT2D eigenvalue weighted by molar-refractivity contribution is 7.21. The number of aromatic nitrogens is 4. The molecule has 3 heterocycles. The van der Waals surface area contributed by atoms with E-state index in [1.54, 1.807) is 18.5 Å². The fourth-order valence-corrected chi connectivity index (χ4v) is 2.80. The molecule has 0 fully saturated rings. The zero-order chi connectivity index (χ0) is 14.1. The lowest BCUT2D eigenvalue weighted by atomic mass is 10.3. The first-order chi connectivity index (χ1) is 9.66. The largest absolute Gasteiger partial charge is 0.397 e. The molecule has 3 aromatic heterocycles. The van der Waals surface area contributed by atoms with E-state index >= 15 is 0 Å². The number of imidazole rings is 1. The summed E-state index contributed by atoms with van der Waals surface area (Å²) in [6.07, 6.45) is 5.07. The average molecular weight is 288 g/mol. The van der Waals surface area contributed by atoms with Crippen LogP contribution in [0, 0.1) is 0 Å². The van der Waals surface area contributed by atoms with Crippen LogP contribution in [0.3, 0.4) is 0 Å². The van der Waals surface area contributed by atoms with Gasteiger partial charge in [-0.3, -0.25) is 4.79 Å². The van der Waals surface area contributed by atoms with Crippen molar-refractivity contribution in [3.63, 3.8) is 0 Å². The van der Waals surface area contributed by atoms with Crippen LogP contribution in [0.4, 0.5) is 5.69 Å². The minimum absolute atomic E-state index is 0.228. The first-order valence-electron chi connectivity index (χ1n) is 5.91. The number of hydrogen-bond donors (Lipinski definition) is 2. The molecule has 0 bridgehead atoms. The van der Waals surface area contributed by atoms with E-state index in [9.17, 15) is 4.79 Å². The maximum atomic E-state index is 12.2. The molecule has 102 valence electrons. The number of aryl methyl sites for hydroxylation is 1. The SMILES string of the molecule is Cn1ccnc1CNC(=O)c1sc2nnccc2c1N. The van der Waals surface area contributed by atoms with E-state index in [-0.39, 0.29) is 5.91 Å². The molecule has 0 aromatic carbocycles. The molecule has 0 atom stereocenters. The van der Waals surface area contributed by atoms with E-state index in [1.165, 1.54) is 11.3 Å². The van der Waals surface area contributed by atoms with Crippen molar-refractivity contribution in [2.75, 3.05) is 5.73 Å². The Morgan fingerprint density at radius 1 is 1.50 bits per heavy atom. The summed E-state index contributed by atoms with van der Waals surface area (Å²) < 4.78 is 1.85. The van der Waals surface area contributed by atoms with E-state index in [1.807, 2.05) is 17.8 Å². The van der Waals surface area contributed by atoms with Crippen LogP contribution in [0.1, 0.15) is 15.5 Å². The second kappa shape index (κ2) is 4.89. The summed E-state index contributed by atoms with van der Waals surface area (Å²) in [6, 6.07) is 1.75. The Balaban J connectivity index is 1.82. The Kier molecular flexibility index (Phi) is 3.07. The third kappa shape index (κ3) is 2.10. The van der Waals surface area contributed by atoms with Gasteiger partial charge in [-0.25, -0.2) is 4.98 Å². The Bertz CT molecular complexity index is 777. The lowest BCUT2D eigenvalue weighted by Crippen LogP contribution is -2.24. The van der Waals surface area contributed by atoms with Gasteiger partial charge >= 0.3 is 0 Å². The van der Waals surface area contributed by atoms with Gasteiger partial charge < -0.3 is 15.6 Å². The van der Waals surface area contributed by atoms with Crippen molar-refractivity contribution in [1.82, 2.24) is 25.1 Å². The lowest BCUT2D eigenvalue weighted by molar-refractivity contribution is 0.0954. The predicted octanol–water partition coefficient (Wildman–Crippen LogP) is 0.937. The molecule has 3 N–H and O–H groups in total. The van der Waals surface area contributed by atoms with Crippen LogP contribution in [0.15, 0.2) is 24.7 Å². The third-order valence-corrected chi connectivity index (χ3v) is 4.06. The number of fused-ring (bicyclic) bond motifs is 1. The fourth-order valence-electron chi connectivity index (χ4n) is 1.85. The first-order valence-corrected chi connectivity index (χ1v) is 6.72. The number of carbonyl (C=O) groups is 1. The van der Waals surface area contributed by atoms with Crippen LogP contribution < -0.4 is 11.1 Å². The molecule has 0 aliphatic heterocycles. The maximum Gasteiger partial charge on any atom is 0.263 e. The molecule has 8 heteroatoms. The van der Waals surface area contributed by atoms with Gasteiger partial charge in [0.2, 0.25) is 0 Å². The first kappa shape index (κ1) is 12.5. The molecule has 3 rings (SSSR count). The molecular formula is C12H12N6OS. The van der Waals surface area contributed by atoms with E-state index in [0.29, 0.717) is 21.9 Å². The number of anilines is 1. The lowest BCUT2D eigenvalue weighted by Gasteiger charge is -2.04. The molecule has 0 saturated carbocycles. The summed E-state index contributed by atoms with van der Waals surface area (Å²) in [5.74, 6) is 0.548. The van der Waals surface area contributed by atoms with Crippen molar-refractivity contribution in [2.45, 2.75) is 6.54 Å². The van der Waals surface area contributed by atoms with Crippen LogP contribution >= 0.6 is 11.3 Å². The van der Waals surface area contributed by atoms with Crippen LogP contribution in [0.25, 0.3) is 10.2 Å². The molecule has 0 saturated heterocycles. The van der Waals surface area contributed by atoms with E-state index < -0.39 is 0 Å². The molecule has 0 radical (unpaired) electrons. The molecule has 7 nitrogen and oxygen atoms in total. The highest BCUT2D eigenvalue weighted by Gasteiger charge is 2.17. The standard InChI is InChI=1S/C12H12N6OS/c1-18-5-4-14-8(18)6-15-11(19)10-9(13)7-2-3-16-17-12(7)20-10/h2-5H,6,13H2,1H3,(H,15,19). The number of nitrogens with one attached hydrogen (secondary N) is 1. The highest BCUT2D eigenvalue weighted by atomic mass is 32.1. The summed E-state index contributed by atoms with van der Waals surface area (Å²) in [5, 5.41) is 11.3. The molecule has 3 aromatic rings. The van der Waals surface area contributed by atoms with Gasteiger partial charge in [-0.05, 0) is 6.07 Å². The Hall–Kier alpha value is -2.48. The van der Waals surface area contributed by atoms with E-state index in [2.05, 4.69) is 20.5 Å². The van der Waals surface area contributed by atoms with Gasteiger partial charge in [-0.2, -0.15) is 5.10 Å². The number of nitrogens with zero attached hydrogens (tertiary/aromatic N) is 4. The summed E-state index contributed by atoms with van der Waals surface area (Å²) in [7, 11) is 1.87. The van der Waals surface area contributed by atoms with Gasteiger partial charge in [0.25, 0.3) is 5.91 Å². The number of thiophene rings is 1. The summed E-state index contributed by atoms with van der Waals surface area (Å²) >= 11 is 1.24. The average Bonchev–Trinajstić information content (AvgIpc) is 3.01. The van der Waals surface area contributed by atoms with Crippen LogP contribution in [0.5, 0.6) is 0 Å². The molecular weight excluding hydrogens is 276 g/mol. The van der Waals surface area contributed by atoms with Crippen molar-refractivity contribution >= 4 is 33.1 Å². The number of rotatable bonds is 3. The molecule has 0 unspecified atom stereocenters. The summed E-state index contributed by atoms with van der Waals surface area (Å²) in [5.41, 5.74) is 6.42. The van der Waals surface area contributed by atoms with E-state index in [4.69, 9.17) is 5.73 Å². The van der Waals surface area contributed by atoms with E-state index in [0.717, 1.165) is 11.2 Å². The number of carbonyl (C=O) groups excluding carboxylic acids is 1. The normalized spacial score (nSPS) is 10.8. The number of nitrogens with two attached hydrogens (primary N) is 1. The quantitative estimate of drug-likeness (QED) is 0.747. The van der Waals surface area contributed by atoms with Gasteiger partial charge in [0.15, 0.2) is 0 Å². The Morgan fingerprint density at radius 3 is 3.05 bits per heavy atom. The predicted molar refractivity (Wildman–Crippen MR) is 76.2 cm³/mol. The van der Waals surface area contributed by atoms with Crippen molar-refractivity contribution < 1.29 is 4.79 Å². The summed E-state index contributed by atoms with van der Waals surface area (Å²) in [6.45, 7) is 0.349. The molecule has 20 heavy (non-hydrogen) atoms. The van der Waals surface area contributed by atoms with Crippen LogP contribution in [-0.2, 0) is 13.6 Å². The summed E-state index contributed by atoms with van der Waals surface area (Å²) in [4.78, 5) is 17.4. The Labute approximate surface area is 118 Å². The minimum atomic E-state index is -0.228. The van der Waals surface area contributed by atoms with Crippen molar-refractivity contribution in [1.29, 1.82) is 0 Å². The Morgan fingerprint density at radius 2 is 2.35 bits per heavy atom. The van der Waals surface area contributed by atoms with Crippen LogP contribution in [0.2, 0.25) is 0 Å². The molecule has 0 aliphatic carbocycles. The van der Waals surface area contributed by atoms with Gasteiger partial charge in [0, 0.05) is 24.8 Å². The van der Waals surface area contributed by atoms with Crippen molar-refractivity contribution in [3.8, 4) is 0 Å². The van der Waals surface area contributed by atoms with Crippen molar-refractivity contribution in [3.05, 3.63) is 35.4 Å². The monoisotopic (exact) mass is 288 g/mol.